The van der Waals surface area contributed by atoms with Crippen molar-refractivity contribution in [2.24, 2.45) is 0 Å². The highest BCUT2D eigenvalue weighted by Gasteiger charge is 2.10. The first-order valence-corrected chi connectivity index (χ1v) is 7.51. The van der Waals surface area contributed by atoms with E-state index in [1.54, 1.807) is 48.5 Å². The molecule has 0 aliphatic rings. The number of nitrogens with zero attached hydrogens (tertiary/aromatic N) is 2. The van der Waals surface area contributed by atoms with Gasteiger partial charge in [-0.25, -0.2) is 0 Å². The molecule has 0 unspecified atom stereocenters. The molecular formula is C16H12N4O2S. The fraction of sp³-hybridized carbons (Fsp3) is 0. The van der Waals surface area contributed by atoms with Crippen LogP contribution < -0.4 is 10.6 Å². The summed E-state index contributed by atoms with van der Waals surface area (Å²) in [5.41, 5.74) is 1.98. The van der Waals surface area contributed by atoms with Crippen molar-refractivity contribution < 1.29 is 9.59 Å². The van der Waals surface area contributed by atoms with Gasteiger partial charge in [0.05, 0.1) is 17.9 Å². The van der Waals surface area contributed by atoms with Crippen molar-refractivity contribution >= 4 is 34.9 Å². The molecule has 0 saturated heterocycles. The smallest absolute Gasteiger partial charge is 0.277 e. The molecule has 6 nitrogen and oxygen atoms in total. The van der Waals surface area contributed by atoms with Gasteiger partial charge in [-0.2, -0.15) is 8.75 Å². The van der Waals surface area contributed by atoms with Crippen LogP contribution >= 0.6 is 11.7 Å². The van der Waals surface area contributed by atoms with E-state index in [9.17, 15) is 9.59 Å². The molecule has 1 aromatic heterocycles. The Balaban J connectivity index is 1.70. The number of hydrogen-bond donors (Lipinski definition) is 2. The minimum absolute atomic E-state index is 0.210. The minimum Gasteiger partial charge on any atom is -0.322 e. The lowest BCUT2D eigenvalue weighted by atomic mass is 10.2. The van der Waals surface area contributed by atoms with Crippen LogP contribution in [0.3, 0.4) is 0 Å². The molecule has 2 N–H and O–H groups in total. The standard InChI is InChI=1S/C16H12N4O2S/c21-15(11-5-2-1-3-6-11)18-12-7-4-8-13(9-12)19-16(22)14-10-17-23-20-14/h1-10H,(H,18,21)(H,19,22). The van der Waals surface area contributed by atoms with Gasteiger partial charge in [0.1, 0.15) is 0 Å². The Kier molecular flexibility index (Phi) is 4.39. The van der Waals surface area contributed by atoms with Crippen LogP contribution in [0.2, 0.25) is 0 Å². The van der Waals surface area contributed by atoms with Crippen molar-refractivity contribution in [3.05, 3.63) is 72.1 Å². The van der Waals surface area contributed by atoms with E-state index in [-0.39, 0.29) is 17.5 Å². The maximum absolute atomic E-state index is 12.1. The predicted octanol–water partition coefficient (Wildman–Crippen LogP) is 3.04. The Bertz CT molecular complexity index is 819. The van der Waals surface area contributed by atoms with Gasteiger partial charge >= 0.3 is 0 Å². The number of aromatic nitrogens is 2. The number of rotatable bonds is 4. The number of carbonyl (C=O) groups excluding carboxylic acids is 2. The molecular weight excluding hydrogens is 312 g/mol. The van der Waals surface area contributed by atoms with E-state index < -0.39 is 0 Å². The van der Waals surface area contributed by atoms with Crippen LogP contribution in [0.15, 0.2) is 60.8 Å². The molecule has 0 saturated carbocycles. The van der Waals surface area contributed by atoms with Crippen LogP contribution in [0.25, 0.3) is 0 Å². The van der Waals surface area contributed by atoms with Crippen LogP contribution in [-0.2, 0) is 0 Å². The lowest BCUT2D eigenvalue weighted by Gasteiger charge is -2.08. The Hall–Kier alpha value is -3.06. The van der Waals surface area contributed by atoms with Gasteiger partial charge in [-0.1, -0.05) is 24.3 Å². The van der Waals surface area contributed by atoms with Crippen LogP contribution in [0.1, 0.15) is 20.8 Å². The number of hydrogen-bond acceptors (Lipinski definition) is 5. The summed E-state index contributed by atoms with van der Waals surface area (Å²) < 4.78 is 7.66. The zero-order chi connectivity index (χ0) is 16.1. The zero-order valence-corrected chi connectivity index (χ0v) is 12.7. The first-order chi connectivity index (χ1) is 11.2. The maximum atomic E-state index is 12.1. The summed E-state index contributed by atoms with van der Waals surface area (Å²) >= 11 is 0.970. The van der Waals surface area contributed by atoms with Crippen molar-refractivity contribution in [1.29, 1.82) is 0 Å². The summed E-state index contributed by atoms with van der Waals surface area (Å²) in [7, 11) is 0. The summed E-state index contributed by atoms with van der Waals surface area (Å²) in [4.78, 5) is 24.1. The number of carbonyl (C=O) groups is 2. The third kappa shape index (κ3) is 3.78. The van der Waals surface area contributed by atoms with Gasteiger partial charge in [0, 0.05) is 16.9 Å². The van der Waals surface area contributed by atoms with Gasteiger partial charge in [-0.15, -0.1) is 0 Å². The Morgan fingerprint density at radius 3 is 2.22 bits per heavy atom. The normalized spacial score (nSPS) is 10.1. The fourth-order valence-electron chi connectivity index (χ4n) is 1.93. The number of amides is 2. The molecule has 1 heterocycles. The molecule has 0 aliphatic heterocycles. The second-order valence-corrected chi connectivity index (χ2v) is 5.20. The van der Waals surface area contributed by atoms with E-state index in [0.717, 1.165) is 11.7 Å². The first-order valence-electron chi connectivity index (χ1n) is 6.78. The second kappa shape index (κ2) is 6.80. The molecule has 114 valence electrons. The number of benzene rings is 2. The topological polar surface area (TPSA) is 84.0 Å². The van der Waals surface area contributed by atoms with E-state index in [2.05, 4.69) is 19.4 Å². The monoisotopic (exact) mass is 324 g/mol. The molecule has 0 atom stereocenters. The summed E-state index contributed by atoms with van der Waals surface area (Å²) in [5, 5.41) is 5.50. The number of anilines is 2. The van der Waals surface area contributed by atoms with Gasteiger partial charge in [0.15, 0.2) is 5.69 Å². The zero-order valence-electron chi connectivity index (χ0n) is 11.9. The van der Waals surface area contributed by atoms with E-state index in [1.807, 2.05) is 6.07 Å². The van der Waals surface area contributed by atoms with Gasteiger partial charge in [-0.3, -0.25) is 9.59 Å². The first kappa shape index (κ1) is 14.9. The van der Waals surface area contributed by atoms with Crippen LogP contribution in [-0.4, -0.2) is 20.6 Å². The summed E-state index contributed by atoms with van der Waals surface area (Å²) in [6.45, 7) is 0. The number of nitrogens with one attached hydrogen (secondary N) is 2. The lowest BCUT2D eigenvalue weighted by molar-refractivity contribution is 0.101. The quantitative estimate of drug-likeness (QED) is 0.772. The molecule has 0 aliphatic carbocycles. The Morgan fingerprint density at radius 1 is 0.870 bits per heavy atom. The highest BCUT2D eigenvalue weighted by atomic mass is 32.1. The molecule has 0 radical (unpaired) electrons. The highest BCUT2D eigenvalue weighted by molar-refractivity contribution is 6.99. The Labute approximate surface area is 136 Å². The van der Waals surface area contributed by atoms with Crippen molar-refractivity contribution in [3.8, 4) is 0 Å². The van der Waals surface area contributed by atoms with E-state index >= 15 is 0 Å². The molecule has 0 spiro atoms. The minimum atomic E-state index is -0.342. The van der Waals surface area contributed by atoms with Gasteiger partial charge in [0.2, 0.25) is 0 Å². The molecule has 0 fully saturated rings. The SMILES string of the molecule is O=C(Nc1cccc(NC(=O)c2cnsn2)c1)c1ccccc1. The molecule has 2 amide bonds. The van der Waals surface area contributed by atoms with Crippen LogP contribution in [0.4, 0.5) is 11.4 Å². The maximum Gasteiger partial charge on any atom is 0.277 e. The van der Waals surface area contributed by atoms with Crippen LogP contribution in [0.5, 0.6) is 0 Å². The van der Waals surface area contributed by atoms with Crippen molar-refractivity contribution in [1.82, 2.24) is 8.75 Å². The lowest BCUT2D eigenvalue weighted by Crippen LogP contribution is -2.14. The average Bonchev–Trinajstić information content (AvgIpc) is 3.10. The molecule has 7 heteroatoms. The average molecular weight is 324 g/mol. The van der Waals surface area contributed by atoms with Gasteiger partial charge in [-0.05, 0) is 30.3 Å². The van der Waals surface area contributed by atoms with Crippen LogP contribution in [0, 0.1) is 0 Å². The molecule has 2 aromatic carbocycles. The highest BCUT2D eigenvalue weighted by Crippen LogP contribution is 2.17. The van der Waals surface area contributed by atoms with Gasteiger partial charge in [0.25, 0.3) is 11.8 Å². The second-order valence-electron chi connectivity index (χ2n) is 4.65. The molecule has 0 bridgehead atoms. The van der Waals surface area contributed by atoms with Crippen molar-refractivity contribution in [3.63, 3.8) is 0 Å². The predicted molar refractivity (Wildman–Crippen MR) is 88.7 cm³/mol. The third-order valence-electron chi connectivity index (χ3n) is 3.01. The van der Waals surface area contributed by atoms with E-state index in [0.29, 0.717) is 16.9 Å². The van der Waals surface area contributed by atoms with E-state index in [4.69, 9.17) is 0 Å². The molecule has 3 aromatic rings. The summed E-state index contributed by atoms with van der Waals surface area (Å²) in [6.07, 6.45) is 1.40. The van der Waals surface area contributed by atoms with Crippen molar-refractivity contribution in [2.75, 3.05) is 10.6 Å². The fourth-order valence-corrected chi connectivity index (χ4v) is 2.34. The Morgan fingerprint density at radius 2 is 1.57 bits per heavy atom. The van der Waals surface area contributed by atoms with Gasteiger partial charge < -0.3 is 10.6 Å². The largest absolute Gasteiger partial charge is 0.322 e. The summed E-state index contributed by atoms with van der Waals surface area (Å²) in [6, 6.07) is 15.8. The third-order valence-corrected chi connectivity index (χ3v) is 3.49. The van der Waals surface area contributed by atoms with Crippen molar-refractivity contribution in [2.45, 2.75) is 0 Å². The molecule has 3 rings (SSSR count). The van der Waals surface area contributed by atoms with E-state index in [1.165, 1.54) is 6.20 Å². The molecule has 23 heavy (non-hydrogen) atoms. The summed E-state index contributed by atoms with van der Waals surface area (Å²) in [5.74, 6) is -0.553.